The van der Waals surface area contributed by atoms with E-state index in [2.05, 4.69) is 4.74 Å². The Labute approximate surface area is 82.5 Å². The number of benzene rings is 1. The number of carbonyl (C=O) groups is 1. The second kappa shape index (κ2) is 4.29. The van der Waals surface area contributed by atoms with Crippen molar-refractivity contribution in [3.63, 3.8) is 0 Å². The molecule has 0 saturated heterocycles. The van der Waals surface area contributed by atoms with Crippen LogP contribution in [0.4, 0.5) is 17.6 Å². The van der Waals surface area contributed by atoms with Crippen molar-refractivity contribution in [3.8, 4) is 0 Å². The zero-order chi connectivity index (χ0) is 11.5. The minimum Gasteiger partial charge on any atom is -0.463 e. The summed E-state index contributed by atoms with van der Waals surface area (Å²) in [7, 11) is 0. The van der Waals surface area contributed by atoms with Crippen LogP contribution >= 0.6 is 0 Å². The Morgan fingerprint density at radius 1 is 1.33 bits per heavy atom. The lowest BCUT2D eigenvalue weighted by Gasteiger charge is -2.08. The molecule has 1 rings (SSSR count). The second-order valence-electron chi connectivity index (χ2n) is 2.71. The minimum absolute atomic E-state index is 0.0944. The molecule has 0 aliphatic rings. The molecular formula is C9H6F4O2. The minimum atomic E-state index is -4.58. The van der Waals surface area contributed by atoms with Crippen LogP contribution in [0, 0.1) is 5.82 Å². The molecule has 1 aromatic rings. The maximum Gasteiger partial charge on any atom is 0.416 e. The Balaban J connectivity index is 2.93. The normalized spacial score (nSPS) is 11.2. The number of rotatable bonds is 3. The van der Waals surface area contributed by atoms with E-state index in [9.17, 15) is 22.4 Å². The highest BCUT2D eigenvalue weighted by molar-refractivity contribution is 5.37. The first-order valence-electron chi connectivity index (χ1n) is 3.86. The quantitative estimate of drug-likeness (QED) is 0.580. The van der Waals surface area contributed by atoms with Gasteiger partial charge in [-0.15, -0.1) is 0 Å². The third-order valence-corrected chi connectivity index (χ3v) is 1.69. The summed E-state index contributed by atoms with van der Waals surface area (Å²) in [5.41, 5.74) is -1.18. The van der Waals surface area contributed by atoms with Crippen LogP contribution in [0.25, 0.3) is 0 Å². The molecule has 0 saturated carbocycles. The van der Waals surface area contributed by atoms with Gasteiger partial charge in [0.05, 0.1) is 5.56 Å². The van der Waals surface area contributed by atoms with E-state index in [1.165, 1.54) is 0 Å². The van der Waals surface area contributed by atoms with Crippen LogP contribution in [0.1, 0.15) is 11.1 Å². The number of halogens is 4. The van der Waals surface area contributed by atoms with Crippen molar-refractivity contribution in [2.45, 2.75) is 12.8 Å². The van der Waals surface area contributed by atoms with Gasteiger partial charge in [0, 0.05) is 5.56 Å². The maximum atomic E-state index is 13.0. The average molecular weight is 222 g/mol. The molecule has 1 aromatic carbocycles. The molecule has 0 aliphatic carbocycles. The smallest absolute Gasteiger partial charge is 0.416 e. The van der Waals surface area contributed by atoms with Crippen molar-refractivity contribution in [1.82, 2.24) is 0 Å². The predicted octanol–water partition coefficient (Wildman–Crippen LogP) is 2.52. The second-order valence-corrected chi connectivity index (χ2v) is 2.71. The molecule has 0 aromatic heterocycles. The van der Waals surface area contributed by atoms with Crippen molar-refractivity contribution < 1.29 is 27.1 Å². The van der Waals surface area contributed by atoms with Gasteiger partial charge in [-0.05, 0) is 12.1 Å². The van der Waals surface area contributed by atoms with E-state index in [-0.39, 0.29) is 18.6 Å². The lowest BCUT2D eigenvalue weighted by Crippen LogP contribution is -2.06. The SMILES string of the molecule is O=COCc1ccc(C(F)(F)F)cc1F. The van der Waals surface area contributed by atoms with E-state index >= 15 is 0 Å². The summed E-state index contributed by atoms with van der Waals surface area (Å²) in [6.45, 7) is -0.287. The fourth-order valence-corrected chi connectivity index (χ4v) is 0.964. The molecule has 82 valence electrons. The first-order valence-corrected chi connectivity index (χ1v) is 3.86. The molecule has 0 amide bonds. The monoisotopic (exact) mass is 222 g/mol. The van der Waals surface area contributed by atoms with Crippen molar-refractivity contribution in [2.24, 2.45) is 0 Å². The first kappa shape index (κ1) is 11.5. The van der Waals surface area contributed by atoms with Gasteiger partial charge in [0.15, 0.2) is 0 Å². The zero-order valence-electron chi connectivity index (χ0n) is 7.34. The van der Waals surface area contributed by atoms with Crippen molar-refractivity contribution in [2.75, 3.05) is 0 Å². The molecule has 0 heterocycles. The van der Waals surface area contributed by atoms with E-state index in [0.717, 1.165) is 12.1 Å². The summed E-state index contributed by atoms with van der Waals surface area (Å²) in [4.78, 5) is 9.79. The highest BCUT2D eigenvalue weighted by atomic mass is 19.4. The number of ether oxygens (including phenoxy) is 1. The van der Waals surface area contributed by atoms with Crippen molar-refractivity contribution in [1.29, 1.82) is 0 Å². The molecule has 6 heteroatoms. The summed E-state index contributed by atoms with van der Waals surface area (Å²) < 4.78 is 53.5. The molecular weight excluding hydrogens is 216 g/mol. The fourth-order valence-electron chi connectivity index (χ4n) is 0.964. The molecule has 0 unspecified atom stereocenters. The Morgan fingerprint density at radius 3 is 2.47 bits per heavy atom. The lowest BCUT2D eigenvalue weighted by molar-refractivity contribution is -0.138. The highest BCUT2D eigenvalue weighted by Gasteiger charge is 2.31. The highest BCUT2D eigenvalue weighted by Crippen LogP contribution is 2.30. The number of hydrogen-bond donors (Lipinski definition) is 0. The van der Waals surface area contributed by atoms with Gasteiger partial charge in [-0.2, -0.15) is 13.2 Å². The summed E-state index contributed by atoms with van der Waals surface area (Å²) in [5, 5.41) is 0. The zero-order valence-corrected chi connectivity index (χ0v) is 7.34. The number of carbonyl (C=O) groups excluding carboxylic acids is 1. The Morgan fingerprint density at radius 2 is 2.00 bits per heavy atom. The molecule has 0 aliphatic heterocycles. The van der Waals surface area contributed by atoms with Crippen molar-refractivity contribution in [3.05, 3.63) is 35.1 Å². The molecule has 0 fully saturated rings. The van der Waals surface area contributed by atoms with Gasteiger partial charge in [0.2, 0.25) is 0 Å². The molecule has 0 spiro atoms. The third-order valence-electron chi connectivity index (χ3n) is 1.69. The van der Waals surface area contributed by atoms with Crippen LogP contribution in [0.3, 0.4) is 0 Å². The van der Waals surface area contributed by atoms with Crippen molar-refractivity contribution >= 4 is 6.47 Å². The first-order chi connectivity index (χ1) is 6.95. The van der Waals surface area contributed by atoms with E-state index in [1.807, 2.05) is 0 Å². The summed E-state index contributed by atoms with van der Waals surface area (Å²) in [5.74, 6) is -1.05. The molecule has 0 atom stereocenters. The average Bonchev–Trinajstić information content (AvgIpc) is 2.14. The Bertz CT molecular complexity index is 360. The maximum absolute atomic E-state index is 13.0. The summed E-state index contributed by atoms with van der Waals surface area (Å²) in [6, 6.07) is 2.03. The van der Waals surface area contributed by atoms with Gasteiger partial charge < -0.3 is 4.74 Å². The molecule has 15 heavy (non-hydrogen) atoms. The van der Waals surface area contributed by atoms with Crippen LogP contribution in [0.2, 0.25) is 0 Å². The lowest BCUT2D eigenvalue weighted by atomic mass is 10.1. The molecule has 0 bridgehead atoms. The van der Waals surface area contributed by atoms with E-state index in [4.69, 9.17) is 0 Å². The van der Waals surface area contributed by atoms with Crippen LogP contribution in [-0.4, -0.2) is 6.47 Å². The fraction of sp³-hybridized carbons (Fsp3) is 0.222. The van der Waals surface area contributed by atoms with Gasteiger partial charge >= 0.3 is 6.18 Å². The van der Waals surface area contributed by atoms with Gasteiger partial charge in [-0.25, -0.2) is 4.39 Å². The Kier molecular flexibility index (Phi) is 3.28. The van der Waals surface area contributed by atoms with Crippen LogP contribution < -0.4 is 0 Å². The van der Waals surface area contributed by atoms with Crippen LogP contribution in [-0.2, 0) is 22.3 Å². The molecule has 2 nitrogen and oxygen atoms in total. The largest absolute Gasteiger partial charge is 0.463 e. The van der Waals surface area contributed by atoms with Gasteiger partial charge in [0.25, 0.3) is 6.47 Å². The number of hydrogen-bond acceptors (Lipinski definition) is 2. The van der Waals surface area contributed by atoms with E-state index in [1.54, 1.807) is 0 Å². The van der Waals surface area contributed by atoms with Gasteiger partial charge in [-0.3, -0.25) is 4.79 Å². The predicted molar refractivity (Wildman–Crippen MR) is 42.3 cm³/mol. The van der Waals surface area contributed by atoms with Crippen LogP contribution in [0.15, 0.2) is 18.2 Å². The number of alkyl halides is 3. The third kappa shape index (κ3) is 2.93. The van der Waals surface area contributed by atoms with E-state index in [0.29, 0.717) is 6.07 Å². The van der Waals surface area contributed by atoms with Crippen LogP contribution in [0.5, 0.6) is 0 Å². The summed E-state index contributed by atoms with van der Waals surface area (Å²) in [6.07, 6.45) is -4.58. The topological polar surface area (TPSA) is 26.3 Å². The molecule has 0 radical (unpaired) electrons. The van der Waals surface area contributed by atoms with Gasteiger partial charge in [-0.1, -0.05) is 6.07 Å². The summed E-state index contributed by atoms with van der Waals surface area (Å²) >= 11 is 0. The standard InChI is InChI=1S/C9H6F4O2/c10-8-3-7(9(11,12)13)2-1-6(8)4-15-5-14/h1-3,5H,4H2. The van der Waals surface area contributed by atoms with Gasteiger partial charge in [0.1, 0.15) is 12.4 Å². The Hall–Kier alpha value is -1.59. The molecule has 0 N–H and O–H groups in total. The van der Waals surface area contributed by atoms with E-state index < -0.39 is 17.6 Å².